The smallest absolute Gasteiger partial charge is 0.456 e. The highest BCUT2D eigenvalue weighted by molar-refractivity contribution is 5.69. The first-order valence-corrected chi connectivity index (χ1v) is 9.23. The molecule has 10 heteroatoms. The topological polar surface area (TPSA) is 58.3 Å². The molecule has 0 spiro atoms. The zero-order valence-corrected chi connectivity index (χ0v) is 16.5. The lowest BCUT2D eigenvalue weighted by Gasteiger charge is -2.14. The largest absolute Gasteiger partial charge is 0.573 e. The monoisotopic (exact) mass is 445 g/mol. The molecule has 0 saturated carbocycles. The van der Waals surface area contributed by atoms with Gasteiger partial charge in [0.15, 0.2) is 0 Å². The van der Waals surface area contributed by atoms with Gasteiger partial charge < -0.3 is 9.47 Å². The highest BCUT2D eigenvalue weighted by Gasteiger charge is 2.31. The molecule has 0 amide bonds. The van der Waals surface area contributed by atoms with E-state index < -0.39 is 23.5 Å². The van der Waals surface area contributed by atoms with Crippen molar-refractivity contribution < 1.29 is 27.0 Å². The first kappa shape index (κ1) is 21.2. The first-order valence-electron chi connectivity index (χ1n) is 9.23. The number of hydrogen-bond donors (Lipinski definition) is 0. The van der Waals surface area contributed by atoms with Gasteiger partial charge in [0.1, 0.15) is 23.1 Å². The van der Waals surface area contributed by atoms with E-state index in [0.29, 0.717) is 16.8 Å². The van der Waals surface area contributed by atoms with Gasteiger partial charge >= 0.3 is 6.36 Å². The minimum absolute atomic E-state index is 0.168. The standard InChI is InChI=1S/C22H15F4N3O3/c1-28-12-14(11-27-28)19-13-29(16-5-7-17(8-6-16)32-22(24,25)26)21(30)10-20(19)31-18-4-2-3-15(23)9-18/h2-13H,1H3. The van der Waals surface area contributed by atoms with Crippen LogP contribution in [-0.4, -0.2) is 20.7 Å². The molecule has 164 valence electrons. The van der Waals surface area contributed by atoms with Crippen molar-refractivity contribution >= 4 is 0 Å². The maximum atomic E-state index is 13.6. The molecule has 0 aliphatic carbocycles. The van der Waals surface area contributed by atoms with Crippen LogP contribution in [0.1, 0.15) is 0 Å². The SMILES string of the molecule is Cn1cc(-c2cn(-c3ccc(OC(F)(F)F)cc3)c(=O)cc2Oc2cccc(F)c2)cn1. The lowest BCUT2D eigenvalue weighted by Crippen LogP contribution is -2.18. The van der Waals surface area contributed by atoms with Crippen molar-refractivity contribution in [3.05, 3.63) is 89.4 Å². The Kier molecular flexibility index (Phi) is 5.43. The normalized spacial score (nSPS) is 11.4. The third-order valence-corrected chi connectivity index (χ3v) is 4.40. The summed E-state index contributed by atoms with van der Waals surface area (Å²) in [6.07, 6.45) is -0.0823. The maximum Gasteiger partial charge on any atom is 0.573 e. The number of pyridine rings is 1. The quantitative estimate of drug-likeness (QED) is 0.403. The number of ether oxygens (including phenoxy) is 2. The van der Waals surface area contributed by atoms with E-state index in [2.05, 4.69) is 9.84 Å². The van der Waals surface area contributed by atoms with Crippen molar-refractivity contribution in [2.45, 2.75) is 6.36 Å². The van der Waals surface area contributed by atoms with Crippen LogP contribution in [-0.2, 0) is 7.05 Å². The van der Waals surface area contributed by atoms with Crippen LogP contribution in [0, 0.1) is 5.82 Å². The molecular formula is C22H15F4N3O3. The molecule has 2 aromatic carbocycles. The fourth-order valence-corrected chi connectivity index (χ4v) is 3.04. The van der Waals surface area contributed by atoms with Crippen molar-refractivity contribution in [3.63, 3.8) is 0 Å². The van der Waals surface area contributed by atoms with E-state index in [0.717, 1.165) is 12.1 Å². The summed E-state index contributed by atoms with van der Waals surface area (Å²) < 4.78 is 63.2. The molecule has 6 nitrogen and oxygen atoms in total. The fraction of sp³-hybridized carbons (Fsp3) is 0.0909. The molecule has 0 radical (unpaired) electrons. The van der Waals surface area contributed by atoms with Crippen LogP contribution in [0.2, 0.25) is 0 Å². The van der Waals surface area contributed by atoms with E-state index in [1.54, 1.807) is 30.2 Å². The Balaban J connectivity index is 1.77. The van der Waals surface area contributed by atoms with E-state index in [4.69, 9.17) is 4.74 Å². The van der Waals surface area contributed by atoms with E-state index in [1.165, 1.54) is 47.2 Å². The Morgan fingerprint density at radius 1 is 0.969 bits per heavy atom. The molecular weight excluding hydrogens is 430 g/mol. The van der Waals surface area contributed by atoms with E-state index in [-0.39, 0.29) is 11.5 Å². The second-order valence-electron chi connectivity index (χ2n) is 6.76. The molecule has 32 heavy (non-hydrogen) atoms. The average molecular weight is 445 g/mol. The molecule has 0 saturated heterocycles. The summed E-state index contributed by atoms with van der Waals surface area (Å²) in [6.45, 7) is 0. The summed E-state index contributed by atoms with van der Waals surface area (Å²) in [4.78, 5) is 12.8. The minimum atomic E-state index is -4.82. The molecule has 2 aromatic heterocycles. The van der Waals surface area contributed by atoms with Gasteiger partial charge in [-0.1, -0.05) is 6.07 Å². The maximum absolute atomic E-state index is 13.6. The van der Waals surface area contributed by atoms with Gasteiger partial charge in [-0.15, -0.1) is 13.2 Å². The molecule has 0 atom stereocenters. The molecule has 0 unspecified atom stereocenters. The van der Waals surface area contributed by atoms with Gasteiger partial charge in [-0.25, -0.2) is 4.39 Å². The van der Waals surface area contributed by atoms with Crippen molar-refractivity contribution in [2.24, 2.45) is 7.05 Å². The minimum Gasteiger partial charge on any atom is -0.456 e. The summed E-state index contributed by atoms with van der Waals surface area (Å²) >= 11 is 0. The van der Waals surface area contributed by atoms with Gasteiger partial charge in [0.2, 0.25) is 0 Å². The lowest BCUT2D eigenvalue weighted by molar-refractivity contribution is -0.274. The van der Waals surface area contributed by atoms with Crippen LogP contribution in [0.3, 0.4) is 0 Å². The van der Waals surface area contributed by atoms with Gasteiger partial charge in [-0.3, -0.25) is 14.0 Å². The van der Waals surface area contributed by atoms with Crippen LogP contribution in [0.25, 0.3) is 16.8 Å². The molecule has 0 bridgehead atoms. The van der Waals surface area contributed by atoms with E-state index >= 15 is 0 Å². The van der Waals surface area contributed by atoms with Gasteiger partial charge in [0.25, 0.3) is 5.56 Å². The van der Waals surface area contributed by atoms with Gasteiger partial charge in [-0.2, -0.15) is 5.10 Å². The number of nitrogens with zero attached hydrogens (tertiary/aromatic N) is 3. The predicted octanol–water partition coefficient (Wildman–Crippen LogP) is 5.07. The van der Waals surface area contributed by atoms with E-state index in [1.807, 2.05) is 0 Å². The summed E-state index contributed by atoms with van der Waals surface area (Å²) in [5.74, 6) is -0.546. The fourth-order valence-electron chi connectivity index (χ4n) is 3.04. The highest BCUT2D eigenvalue weighted by Crippen LogP contribution is 2.33. The van der Waals surface area contributed by atoms with Crippen LogP contribution >= 0.6 is 0 Å². The molecule has 0 aliphatic rings. The van der Waals surface area contributed by atoms with Crippen LogP contribution < -0.4 is 15.0 Å². The second kappa shape index (κ2) is 8.22. The first-order chi connectivity index (χ1) is 15.2. The molecule has 2 heterocycles. The highest BCUT2D eigenvalue weighted by atomic mass is 19.4. The molecule has 0 aliphatic heterocycles. The molecule has 0 N–H and O–H groups in total. The zero-order valence-electron chi connectivity index (χ0n) is 16.5. The third-order valence-electron chi connectivity index (χ3n) is 4.40. The Hall–Kier alpha value is -4.08. The second-order valence-corrected chi connectivity index (χ2v) is 6.76. The molecule has 0 fully saturated rings. The lowest BCUT2D eigenvalue weighted by atomic mass is 10.1. The van der Waals surface area contributed by atoms with Gasteiger partial charge in [0.05, 0.1) is 6.20 Å². The van der Waals surface area contributed by atoms with Gasteiger partial charge in [0, 0.05) is 48.4 Å². The van der Waals surface area contributed by atoms with Crippen molar-refractivity contribution in [3.8, 4) is 34.1 Å². The van der Waals surface area contributed by atoms with Crippen LogP contribution in [0.15, 0.2) is 78.0 Å². The summed E-state index contributed by atoms with van der Waals surface area (Å²) in [5, 5.41) is 4.12. The van der Waals surface area contributed by atoms with Crippen LogP contribution in [0.5, 0.6) is 17.2 Å². The number of aryl methyl sites for hydroxylation is 1. The average Bonchev–Trinajstić information content (AvgIpc) is 3.14. The summed E-state index contributed by atoms with van der Waals surface area (Å²) in [7, 11) is 1.71. The van der Waals surface area contributed by atoms with Crippen molar-refractivity contribution in [2.75, 3.05) is 0 Å². The Morgan fingerprint density at radius 3 is 2.34 bits per heavy atom. The van der Waals surface area contributed by atoms with Crippen molar-refractivity contribution in [1.29, 1.82) is 0 Å². The summed E-state index contributed by atoms with van der Waals surface area (Å²) in [5.41, 5.74) is 0.891. The Bertz CT molecular complexity index is 1310. The number of rotatable bonds is 5. The van der Waals surface area contributed by atoms with Gasteiger partial charge in [-0.05, 0) is 36.4 Å². The molecule has 4 rings (SSSR count). The third kappa shape index (κ3) is 4.80. The number of hydrogen-bond acceptors (Lipinski definition) is 4. The Labute approximate surface area is 178 Å². The number of aromatic nitrogens is 3. The summed E-state index contributed by atoms with van der Waals surface area (Å²) in [6, 6.07) is 11.5. The van der Waals surface area contributed by atoms with Crippen LogP contribution in [0.4, 0.5) is 17.6 Å². The molecule has 4 aromatic rings. The predicted molar refractivity (Wildman–Crippen MR) is 107 cm³/mol. The van der Waals surface area contributed by atoms with E-state index in [9.17, 15) is 22.4 Å². The number of halogens is 4. The zero-order chi connectivity index (χ0) is 22.9. The van der Waals surface area contributed by atoms with Crippen molar-refractivity contribution in [1.82, 2.24) is 14.3 Å². The number of benzene rings is 2. The Morgan fingerprint density at radius 2 is 1.72 bits per heavy atom. The number of alkyl halides is 3.